The molecular formula is C27H31N2O3P. The van der Waals surface area contributed by atoms with Gasteiger partial charge in [-0.05, 0) is 20.8 Å². The molecule has 0 spiro atoms. The van der Waals surface area contributed by atoms with E-state index in [4.69, 9.17) is 19.0 Å². The molecule has 0 bridgehead atoms. The van der Waals surface area contributed by atoms with Crippen molar-refractivity contribution in [2.24, 2.45) is 4.99 Å². The summed E-state index contributed by atoms with van der Waals surface area (Å²) in [5.41, 5.74) is 0.355. The van der Waals surface area contributed by atoms with Crippen molar-refractivity contribution in [3.05, 3.63) is 78.9 Å². The lowest BCUT2D eigenvalue weighted by Crippen LogP contribution is -2.45. The van der Waals surface area contributed by atoms with Gasteiger partial charge in [0.15, 0.2) is 0 Å². The Morgan fingerprint density at radius 2 is 1.36 bits per heavy atom. The summed E-state index contributed by atoms with van der Waals surface area (Å²) >= 11 is 0. The minimum Gasteiger partial charge on any atom is -0.497 e. The van der Waals surface area contributed by atoms with Crippen LogP contribution in [0.1, 0.15) is 20.8 Å². The number of methoxy groups -OCH3 is 2. The van der Waals surface area contributed by atoms with Gasteiger partial charge in [-0.2, -0.15) is 0 Å². The van der Waals surface area contributed by atoms with E-state index in [2.05, 4.69) is 74.2 Å². The van der Waals surface area contributed by atoms with E-state index in [0.717, 1.165) is 29.6 Å². The van der Waals surface area contributed by atoms with Crippen LogP contribution in [0.4, 0.5) is 5.69 Å². The summed E-state index contributed by atoms with van der Waals surface area (Å²) in [6, 6.07) is 26.9. The molecule has 33 heavy (non-hydrogen) atoms. The number of ether oxygens (including phenoxy) is 2. The highest BCUT2D eigenvalue weighted by Gasteiger charge is 2.39. The van der Waals surface area contributed by atoms with Gasteiger partial charge < -0.3 is 18.9 Å². The number of aliphatic imine (C=N–C) groups is 1. The molecule has 0 aromatic heterocycles. The van der Waals surface area contributed by atoms with E-state index in [-0.39, 0.29) is 6.04 Å². The number of anilines is 1. The largest absolute Gasteiger partial charge is 0.497 e. The van der Waals surface area contributed by atoms with Gasteiger partial charge in [0.25, 0.3) is 0 Å². The quantitative estimate of drug-likeness (QED) is 0.434. The van der Waals surface area contributed by atoms with E-state index >= 15 is 0 Å². The first-order chi connectivity index (χ1) is 15.9. The third-order valence-electron chi connectivity index (χ3n) is 5.53. The maximum atomic E-state index is 6.94. The fourth-order valence-corrected chi connectivity index (χ4v) is 5.91. The van der Waals surface area contributed by atoms with Gasteiger partial charge in [0.1, 0.15) is 22.9 Å². The van der Waals surface area contributed by atoms with Gasteiger partial charge in [-0.3, -0.25) is 4.99 Å². The van der Waals surface area contributed by atoms with Gasteiger partial charge in [-0.25, -0.2) is 0 Å². The highest BCUT2D eigenvalue weighted by molar-refractivity contribution is 7.68. The van der Waals surface area contributed by atoms with E-state index < -0.39 is 13.7 Å². The summed E-state index contributed by atoms with van der Waals surface area (Å²) in [6.45, 7) is 7.11. The van der Waals surface area contributed by atoms with Crippen LogP contribution < -0.4 is 25.0 Å². The topological polar surface area (TPSA) is 43.3 Å². The Morgan fingerprint density at radius 1 is 0.848 bits per heavy atom. The number of benzene rings is 3. The molecule has 6 heteroatoms. The molecule has 1 heterocycles. The van der Waals surface area contributed by atoms with Crippen LogP contribution in [0.25, 0.3) is 0 Å². The first-order valence-electron chi connectivity index (χ1n) is 11.1. The van der Waals surface area contributed by atoms with Gasteiger partial charge in [0.2, 0.25) is 0 Å². The lowest BCUT2D eigenvalue weighted by molar-refractivity contribution is 0.210. The predicted octanol–water partition coefficient (Wildman–Crippen LogP) is 5.15. The Morgan fingerprint density at radius 3 is 1.85 bits per heavy atom. The maximum absolute atomic E-state index is 6.94. The van der Waals surface area contributed by atoms with Gasteiger partial charge in [0, 0.05) is 41.0 Å². The van der Waals surface area contributed by atoms with Crippen LogP contribution in [0.15, 0.2) is 83.9 Å². The molecule has 0 amide bonds. The van der Waals surface area contributed by atoms with Crippen molar-refractivity contribution < 1.29 is 14.0 Å². The zero-order chi connectivity index (χ0) is 23.4. The molecule has 0 saturated carbocycles. The second kappa shape index (κ2) is 9.94. The smallest absolute Gasteiger partial charge is 0.136 e. The van der Waals surface area contributed by atoms with Crippen molar-refractivity contribution in [3.63, 3.8) is 0 Å². The SMILES string of the molecule is COc1cc(OC)cc(N2C[C@H](C)N=C2C(C)(C)OP(c2ccccc2)c2ccccc2)c1. The molecule has 0 aliphatic carbocycles. The highest BCUT2D eigenvalue weighted by atomic mass is 31.1. The second-order valence-corrected chi connectivity index (χ2v) is 10.4. The van der Waals surface area contributed by atoms with Crippen molar-refractivity contribution >= 4 is 30.3 Å². The number of nitrogens with zero attached hydrogens (tertiary/aromatic N) is 2. The molecule has 1 atom stereocenters. The summed E-state index contributed by atoms with van der Waals surface area (Å²) in [5, 5.41) is 2.35. The van der Waals surface area contributed by atoms with E-state index in [9.17, 15) is 0 Å². The Bertz CT molecular complexity index is 1040. The fraction of sp³-hybridized carbons (Fsp3) is 0.296. The van der Waals surface area contributed by atoms with Crippen LogP contribution in [-0.4, -0.2) is 38.2 Å². The molecule has 3 aromatic carbocycles. The summed E-state index contributed by atoms with van der Waals surface area (Å²) in [4.78, 5) is 7.24. The Hall–Kier alpha value is -2.88. The predicted molar refractivity (Wildman–Crippen MR) is 138 cm³/mol. The molecular weight excluding hydrogens is 431 g/mol. The molecule has 0 saturated heterocycles. The van der Waals surface area contributed by atoms with Gasteiger partial charge in [0.05, 0.1) is 28.4 Å². The lowest BCUT2D eigenvalue weighted by Gasteiger charge is -2.35. The molecule has 0 fully saturated rings. The molecule has 172 valence electrons. The third-order valence-corrected chi connectivity index (χ3v) is 7.71. The van der Waals surface area contributed by atoms with Crippen LogP contribution in [0.2, 0.25) is 0 Å². The van der Waals surface area contributed by atoms with Crippen LogP contribution >= 0.6 is 8.15 Å². The minimum absolute atomic E-state index is 0.153. The molecule has 4 rings (SSSR count). The van der Waals surface area contributed by atoms with Gasteiger partial charge >= 0.3 is 0 Å². The standard InChI is InChI=1S/C27H31N2O3P/c1-20-19-29(21-16-22(30-4)18-23(17-21)31-5)26(28-20)27(2,3)32-33(24-12-8-6-9-13-24)25-14-10-7-11-15-25/h6-18,20H,19H2,1-5H3/t20-/m0/s1. The van der Waals surface area contributed by atoms with Crippen molar-refractivity contribution in [1.29, 1.82) is 0 Å². The number of hydrogen-bond donors (Lipinski definition) is 0. The first-order valence-corrected chi connectivity index (χ1v) is 12.4. The first kappa shape index (κ1) is 23.3. The zero-order valence-electron chi connectivity index (χ0n) is 19.9. The van der Waals surface area contributed by atoms with Crippen LogP contribution in [0.5, 0.6) is 11.5 Å². The summed E-state index contributed by atoms with van der Waals surface area (Å²) < 4.78 is 18.0. The lowest BCUT2D eigenvalue weighted by atomic mass is 10.1. The molecule has 1 aliphatic heterocycles. The molecule has 5 nitrogen and oxygen atoms in total. The Labute approximate surface area is 197 Å². The molecule has 1 aliphatic rings. The number of amidine groups is 1. The number of hydrogen-bond acceptors (Lipinski definition) is 5. The Kier molecular flexibility index (Phi) is 7.02. The monoisotopic (exact) mass is 462 g/mol. The molecule has 0 N–H and O–H groups in total. The molecule has 0 unspecified atom stereocenters. The normalized spacial score (nSPS) is 16.1. The highest BCUT2D eigenvalue weighted by Crippen LogP contribution is 2.42. The van der Waals surface area contributed by atoms with Crippen LogP contribution in [0, 0.1) is 0 Å². The van der Waals surface area contributed by atoms with E-state index in [0.29, 0.717) is 0 Å². The minimum atomic E-state index is -1.03. The molecule has 0 radical (unpaired) electrons. The maximum Gasteiger partial charge on any atom is 0.136 e. The van der Waals surface area contributed by atoms with Crippen molar-refractivity contribution in [3.8, 4) is 11.5 Å². The van der Waals surface area contributed by atoms with E-state index in [1.807, 2.05) is 30.3 Å². The van der Waals surface area contributed by atoms with Gasteiger partial charge in [-0.1, -0.05) is 60.7 Å². The zero-order valence-corrected chi connectivity index (χ0v) is 20.8. The van der Waals surface area contributed by atoms with E-state index in [1.165, 1.54) is 10.6 Å². The second-order valence-electron chi connectivity index (χ2n) is 8.55. The third kappa shape index (κ3) is 5.21. The summed E-state index contributed by atoms with van der Waals surface area (Å²) in [6.07, 6.45) is 0. The number of rotatable bonds is 8. The molecule has 3 aromatic rings. The van der Waals surface area contributed by atoms with Gasteiger partial charge in [-0.15, -0.1) is 0 Å². The fourth-order valence-electron chi connectivity index (χ4n) is 3.98. The van der Waals surface area contributed by atoms with Crippen LogP contribution in [-0.2, 0) is 4.52 Å². The van der Waals surface area contributed by atoms with Crippen molar-refractivity contribution in [1.82, 2.24) is 0 Å². The Balaban J connectivity index is 1.70. The summed E-state index contributed by atoms with van der Waals surface area (Å²) in [7, 11) is 2.30. The van der Waals surface area contributed by atoms with Crippen molar-refractivity contribution in [2.45, 2.75) is 32.4 Å². The van der Waals surface area contributed by atoms with E-state index in [1.54, 1.807) is 14.2 Å². The summed E-state index contributed by atoms with van der Waals surface area (Å²) in [5.74, 6) is 2.40. The van der Waals surface area contributed by atoms with Crippen LogP contribution in [0.3, 0.4) is 0 Å². The average Bonchev–Trinajstić information content (AvgIpc) is 3.26. The average molecular weight is 463 g/mol. The van der Waals surface area contributed by atoms with Crippen molar-refractivity contribution in [2.75, 3.05) is 25.7 Å².